The van der Waals surface area contributed by atoms with E-state index in [2.05, 4.69) is 0 Å². The number of esters is 1. The van der Waals surface area contributed by atoms with Crippen molar-refractivity contribution in [3.8, 4) is 0 Å². The summed E-state index contributed by atoms with van der Waals surface area (Å²) in [4.78, 5) is 26.9. The number of carbonyl (C=O) groups is 2. The van der Waals surface area contributed by atoms with Gasteiger partial charge < -0.3 is 9.64 Å². The zero-order chi connectivity index (χ0) is 21.8. The molecule has 0 N–H and O–H groups in total. The van der Waals surface area contributed by atoms with Crippen LogP contribution in [0.5, 0.6) is 0 Å². The molecular weight excluding hydrogens is 416 g/mol. The van der Waals surface area contributed by atoms with Crippen LogP contribution in [0.2, 0.25) is 0 Å². The van der Waals surface area contributed by atoms with Crippen LogP contribution in [0.3, 0.4) is 0 Å². The molecule has 2 aromatic rings. The maximum absolute atomic E-state index is 12.9. The number of nitrogens with zero attached hydrogens (tertiary/aromatic N) is 2. The highest BCUT2D eigenvalue weighted by molar-refractivity contribution is 7.89. The van der Waals surface area contributed by atoms with Gasteiger partial charge in [0.1, 0.15) is 0 Å². The molecule has 0 saturated carbocycles. The first-order valence-corrected chi connectivity index (χ1v) is 12.1. The fourth-order valence-electron chi connectivity index (χ4n) is 4.12. The largest absolute Gasteiger partial charge is 0.452 e. The number of ether oxygens (including phenoxy) is 1. The fourth-order valence-corrected chi connectivity index (χ4v) is 5.68. The van der Waals surface area contributed by atoms with Crippen LogP contribution in [0.1, 0.15) is 41.6 Å². The second-order valence-corrected chi connectivity index (χ2v) is 9.78. The average molecular weight is 443 g/mol. The minimum Gasteiger partial charge on any atom is -0.452 e. The lowest BCUT2D eigenvalue weighted by Gasteiger charge is -2.29. The maximum Gasteiger partial charge on any atom is 0.338 e. The molecule has 4 rings (SSSR count). The summed E-state index contributed by atoms with van der Waals surface area (Å²) in [5.41, 5.74) is 2.07. The van der Waals surface area contributed by atoms with E-state index < -0.39 is 22.6 Å². The van der Waals surface area contributed by atoms with Crippen molar-refractivity contribution >= 4 is 27.6 Å². The van der Waals surface area contributed by atoms with Gasteiger partial charge in [0.25, 0.3) is 5.91 Å². The number of piperidine rings is 1. The third-order valence-electron chi connectivity index (χ3n) is 5.76. The number of benzene rings is 2. The fraction of sp³-hybridized carbons (Fsp3) is 0.391. The van der Waals surface area contributed by atoms with E-state index in [9.17, 15) is 18.0 Å². The van der Waals surface area contributed by atoms with Crippen molar-refractivity contribution in [3.05, 3.63) is 59.7 Å². The Kier molecular flexibility index (Phi) is 6.38. The number of anilines is 1. The Labute approximate surface area is 182 Å². The van der Waals surface area contributed by atoms with Crippen molar-refractivity contribution in [2.45, 2.75) is 37.0 Å². The second-order valence-electron chi connectivity index (χ2n) is 7.85. The molecule has 1 saturated heterocycles. The first-order chi connectivity index (χ1) is 15.0. The SMILES string of the molecule is O=C(OCC(=O)N1CCCc2ccccc21)c1cccc(S(=O)(=O)N2CCCCC2)c1. The predicted octanol–water partition coefficient (Wildman–Crippen LogP) is 3.00. The normalized spacial score (nSPS) is 17.1. The molecule has 0 aromatic heterocycles. The van der Waals surface area contributed by atoms with E-state index in [-0.39, 0.29) is 16.4 Å². The second kappa shape index (κ2) is 9.20. The lowest BCUT2D eigenvalue weighted by molar-refractivity contribution is -0.121. The first kappa shape index (κ1) is 21.5. The molecular formula is C23H26N2O5S. The van der Waals surface area contributed by atoms with E-state index in [0.717, 1.165) is 43.4 Å². The van der Waals surface area contributed by atoms with E-state index in [1.165, 1.54) is 28.6 Å². The van der Waals surface area contributed by atoms with Gasteiger partial charge in [0.2, 0.25) is 10.0 Å². The molecule has 0 bridgehead atoms. The lowest BCUT2D eigenvalue weighted by atomic mass is 10.0. The van der Waals surface area contributed by atoms with Crippen molar-refractivity contribution in [2.75, 3.05) is 31.1 Å². The summed E-state index contributed by atoms with van der Waals surface area (Å²) in [6.07, 6.45) is 4.46. The Morgan fingerprint density at radius 3 is 2.48 bits per heavy atom. The number of amides is 1. The van der Waals surface area contributed by atoms with Crippen molar-refractivity contribution in [3.63, 3.8) is 0 Å². The Hall–Kier alpha value is -2.71. The number of hydrogen-bond acceptors (Lipinski definition) is 5. The Balaban J connectivity index is 1.43. The predicted molar refractivity (Wildman–Crippen MR) is 116 cm³/mol. The third-order valence-corrected chi connectivity index (χ3v) is 7.66. The Bertz CT molecular complexity index is 1080. The van der Waals surface area contributed by atoms with Crippen LogP contribution in [0.4, 0.5) is 5.69 Å². The van der Waals surface area contributed by atoms with Gasteiger partial charge in [-0.3, -0.25) is 4.79 Å². The number of fused-ring (bicyclic) bond motifs is 1. The molecule has 0 radical (unpaired) electrons. The quantitative estimate of drug-likeness (QED) is 0.665. The molecule has 0 spiro atoms. The molecule has 2 aliphatic rings. The Morgan fingerprint density at radius 2 is 1.68 bits per heavy atom. The molecule has 8 heteroatoms. The van der Waals surface area contributed by atoms with Gasteiger partial charge in [-0.15, -0.1) is 0 Å². The summed E-state index contributed by atoms with van der Waals surface area (Å²) in [5, 5.41) is 0. The zero-order valence-electron chi connectivity index (χ0n) is 17.3. The molecule has 31 heavy (non-hydrogen) atoms. The van der Waals surface area contributed by atoms with Crippen molar-refractivity contribution in [1.82, 2.24) is 4.31 Å². The number of rotatable bonds is 5. The first-order valence-electron chi connectivity index (χ1n) is 10.6. The van der Waals surface area contributed by atoms with Gasteiger partial charge in [0.15, 0.2) is 6.61 Å². The number of hydrogen-bond donors (Lipinski definition) is 0. The molecule has 0 unspecified atom stereocenters. The molecule has 7 nitrogen and oxygen atoms in total. The molecule has 0 atom stereocenters. The standard InChI is InChI=1S/C23H26N2O5S/c26-22(25-15-7-10-18-8-2-3-12-21(18)25)17-30-23(27)19-9-6-11-20(16-19)31(28,29)24-13-4-1-5-14-24/h2-3,6,8-9,11-12,16H,1,4-5,7,10,13-15,17H2. The summed E-state index contributed by atoms with van der Waals surface area (Å²) in [6.45, 7) is 1.17. The smallest absolute Gasteiger partial charge is 0.338 e. The number of carbonyl (C=O) groups excluding carboxylic acids is 2. The lowest BCUT2D eigenvalue weighted by Crippen LogP contribution is -2.38. The molecule has 1 amide bonds. The van der Waals surface area contributed by atoms with Crippen LogP contribution < -0.4 is 4.90 Å². The van der Waals surface area contributed by atoms with Gasteiger partial charge in [-0.05, 0) is 55.5 Å². The third kappa shape index (κ3) is 4.65. The van der Waals surface area contributed by atoms with Crippen LogP contribution in [-0.2, 0) is 26.0 Å². The van der Waals surface area contributed by atoms with Gasteiger partial charge in [0.05, 0.1) is 10.5 Å². The molecule has 2 aromatic carbocycles. The highest BCUT2D eigenvalue weighted by Gasteiger charge is 2.27. The Morgan fingerprint density at radius 1 is 0.903 bits per heavy atom. The summed E-state index contributed by atoms with van der Waals surface area (Å²) in [5.74, 6) is -1.01. The van der Waals surface area contributed by atoms with Crippen LogP contribution in [0.25, 0.3) is 0 Å². The van der Waals surface area contributed by atoms with Crippen LogP contribution in [-0.4, -0.2) is 50.8 Å². The van der Waals surface area contributed by atoms with E-state index in [0.29, 0.717) is 19.6 Å². The van der Waals surface area contributed by atoms with Crippen LogP contribution >= 0.6 is 0 Å². The minimum absolute atomic E-state index is 0.0696. The number of para-hydroxylation sites is 1. The van der Waals surface area contributed by atoms with Crippen molar-refractivity contribution < 1.29 is 22.7 Å². The molecule has 2 aliphatic heterocycles. The van der Waals surface area contributed by atoms with Gasteiger partial charge in [-0.2, -0.15) is 4.31 Å². The maximum atomic E-state index is 12.9. The van der Waals surface area contributed by atoms with E-state index >= 15 is 0 Å². The monoisotopic (exact) mass is 442 g/mol. The van der Waals surface area contributed by atoms with E-state index in [4.69, 9.17) is 4.74 Å². The van der Waals surface area contributed by atoms with Crippen molar-refractivity contribution in [2.24, 2.45) is 0 Å². The van der Waals surface area contributed by atoms with Gasteiger partial charge in [0, 0.05) is 25.3 Å². The van der Waals surface area contributed by atoms with Crippen LogP contribution in [0.15, 0.2) is 53.4 Å². The highest BCUT2D eigenvalue weighted by Crippen LogP contribution is 2.27. The van der Waals surface area contributed by atoms with Crippen LogP contribution in [0, 0.1) is 0 Å². The summed E-state index contributed by atoms with van der Waals surface area (Å²) < 4.78 is 32.4. The zero-order valence-corrected chi connectivity index (χ0v) is 18.1. The summed E-state index contributed by atoms with van der Waals surface area (Å²) in [7, 11) is -3.65. The average Bonchev–Trinajstić information content (AvgIpc) is 2.82. The van der Waals surface area contributed by atoms with Gasteiger partial charge in [-0.25, -0.2) is 13.2 Å². The molecule has 164 valence electrons. The van der Waals surface area contributed by atoms with E-state index in [1.54, 1.807) is 4.90 Å². The molecule has 1 fully saturated rings. The highest BCUT2D eigenvalue weighted by atomic mass is 32.2. The molecule has 2 heterocycles. The van der Waals surface area contributed by atoms with E-state index in [1.807, 2.05) is 24.3 Å². The topological polar surface area (TPSA) is 84.0 Å². The number of sulfonamides is 1. The number of aryl methyl sites for hydroxylation is 1. The van der Waals surface area contributed by atoms with Gasteiger partial charge >= 0.3 is 5.97 Å². The minimum atomic E-state index is -3.65. The molecule has 0 aliphatic carbocycles. The van der Waals surface area contributed by atoms with Gasteiger partial charge in [-0.1, -0.05) is 30.7 Å². The summed E-state index contributed by atoms with van der Waals surface area (Å²) >= 11 is 0. The van der Waals surface area contributed by atoms with Crippen molar-refractivity contribution in [1.29, 1.82) is 0 Å². The summed E-state index contributed by atoms with van der Waals surface area (Å²) in [6, 6.07) is 13.5.